The number of fused-ring (bicyclic) bond motifs is 1. The van der Waals surface area contributed by atoms with Gasteiger partial charge in [0.05, 0.1) is 6.10 Å². The van der Waals surface area contributed by atoms with Crippen molar-refractivity contribution in [3.63, 3.8) is 0 Å². The summed E-state index contributed by atoms with van der Waals surface area (Å²) in [4.78, 5) is 0. The van der Waals surface area contributed by atoms with E-state index in [-0.39, 0.29) is 0 Å². The quantitative estimate of drug-likeness (QED) is 0.662. The van der Waals surface area contributed by atoms with Crippen molar-refractivity contribution >= 4 is 0 Å². The molecule has 0 amide bonds. The molecule has 2 heterocycles. The van der Waals surface area contributed by atoms with Crippen LogP contribution in [0.15, 0.2) is 0 Å². The van der Waals surface area contributed by atoms with E-state index in [0.717, 1.165) is 18.4 Å². The van der Waals surface area contributed by atoms with Crippen LogP contribution in [0.1, 0.15) is 32.1 Å². The largest absolute Gasteiger partial charge is 0.377 e. The van der Waals surface area contributed by atoms with Gasteiger partial charge in [-0.3, -0.25) is 0 Å². The first-order valence-electron chi connectivity index (χ1n) is 5.80. The summed E-state index contributed by atoms with van der Waals surface area (Å²) in [6.07, 6.45) is 7.48. The zero-order valence-electron chi connectivity index (χ0n) is 8.17. The topological polar surface area (TPSA) is 21.3 Å². The second kappa shape index (κ2) is 3.25. The summed E-state index contributed by atoms with van der Waals surface area (Å²) in [5.41, 5.74) is 0. The van der Waals surface area contributed by atoms with Gasteiger partial charge in [0, 0.05) is 12.6 Å². The minimum absolute atomic E-state index is 0.549. The van der Waals surface area contributed by atoms with Gasteiger partial charge >= 0.3 is 0 Å². The lowest BCUT2D eigenvalue weighted by atomic mass is 9.90. The van der Waals surface area contributed by atoms with Crippen molar-refractivity contribution in [1.29, 1.82) is 0 Å². The maximum absolute atomic E-state index is 5.78. The van der Waals surface area contributed by atoms with Gasteiger partial charge in [0.2, 0.25) is 0 Å². The van der Waals surface area contributed by atoms with E-state index < -0.39 is 0 Å². The van der Waals surface area contributed by atoms with Crippen LogP contribution < -0.4 is 5.32 Å². The molecule has 0 aromatic carbocycles. The summed E-state index contributed by atoms with van der Waals surface area (Å²) in [5.74, 6) is 1.93. The number of ether oxygens (including phenoxy) is 1. The summed E-state index contributed by atoms with van der Waals surface area (Å²) >= 11 is 0. The number of hydrogen-bond donors (Lipinski definition) is 1. The first-order valence-corrected chi connectivity index (χ1v) is 5.80. The standard InChI is InChI=1S/C11H19NO/c1-3-8-7-12-11(9(8)4-1)10-5-2-6-13-10/h8-12H,1-7H2. The highest BCUT2D eigenvalue weighted by molar-refractivity contribution is 4.98. The van der Waals surface area contributed by atoms with Crippen LogP contribution in [0.2, 0.25) is 0 Å². The van der Waals surface area contributed by atoms with Crippen molar-refractivity contribution in [3.8, 4) is 0 Å². The first-order chi connectivity index (χ1) is 6.45. The Hall–Kier alpha value is -0.0800. The molecule has 13 heavy (non-hydrogen) atoms. The van der Waals surface area contributed by atoms with Crippen molar-refractivity contribution in [1.82, 2.24) is 5.32 Å². The predicted octanol–water partition coefficient (Wildman–Crippen LogP) is 1.55. The Kier molecular flexibility index (Phi) is 2.06. The van der Waals surface area contributed by atoms with E-state index in [4.69, 9.17) is 4.74 Å². The third kappa shape index (κ3) is 1.31. The van der Waals surface area contributed by atoms with Crippen LogP contribution in [0.5, 0.6) is 0 Å². The minimum atomic E-state index is 0.549. The Bertz CT molecular complexity index is 189. The van der Waals surface area contributed by atoms with Gasteiger partial charge in [0.25, 0.3) is 0 Å². The number of nitrogens with one attached hydrogen (secondary N) is 1. The highest BCUT2D eigenvalue weighted by Gasteiger charge is 2.43. The average molecular weight is 181 g/mol. The van der Waals surface area contributed by atoms with E-state index in [1.54, 1.807) is 0 Å². The van der Waals surface area contributed by atoms with E-state index in [2.05, 4.69) is 5.32 Å². The second-order valence-electron chi connectivity index (χ2n) is 4.84. The zero-order valence-corrected chi connectivity index (χ0v) is 8.17. The fourth-order valence-electron chi connectivity index (χ4n) is 3.52. The van der Waals surface area contributed by atoms with Crippen molar-refractivity contribution < 1.29 is 4.74 Å². The maximum atomic E-state index is 5.78. The van der Waals surface area contributed by atoms with E-state index in [1.807, 2.05) is 0 Å². The third-order valence-electron chi connectivity index (χ3n) is 4.16. The summed E-state index contributed by atoms with van der Waals surface area (Å²) in [5, 5.41) is 3.68. The molecule has 2 heteroatoms. The van der Waals surface area contributed by atoms with Crippen molar-refractivity contribution in [3.05, 3.63) is 0 Å². The molecule has 0 spiro atoms. The van der Waals surface area contributed by atoms with Crippen molar-refractivity contribution in [2.45, 2.75) is 44.2 Å². The van der Waals surface area contributed by atoms with E-state index in [9.17, 15) is 0 Å². The summed E-state index contributed by atoms with van der Waals surface area (Å²) in [6.45, 7) is 2.26. The van der Waals surface area contributed by atoms with Crippen LogP contribution in [0.25, 0.3) is 0 Å². The molecule has 74 valence electrons. The van der Waals surface area contributed by atoms with Gasteiger partial charge in [-0.15, -0.1) is 0 Å². The van der Waals surface area contributed by atoms with Gasteiger partial charge in [0.1, 0.15) is 0 Å². The molecule has 4 atom stereocenters. The molecular weight excluding hydrogens is 162 g/mol. The van der Waals surface area contributed by atoms with Crippen molar-refractivity contribution in [2.24, 2.45) is 11.8 Å². The zero-order chi connectivity index (χ0) is 8.67. The molecule has 2 nitrogen and oxygen atoms in total. The van der Waals surface area contributed by atoms with Gasteiger partial charge < -0.3 is 10.1 Å². The summed E-state index contributed by atoms with van der Waals surface area (Å²) in [6, 6.07) is 0.704. The molecule has 0 aromatic rings. The lowest BCUT2D eigenvalue weighted by molar-refractivity contribution is 0.0691. The van der Waals surface area contributed by atoms with Gasteiger partial charge in [0.15, 0.2) is 0 Å². The van der Waals surface area contributed by atoms with Gasteiger partial charge in [-0.05, 0) is 44.1 Å². The average Bonchev–Trinajstić information content (AvgIpc) is 2.79. The van der Waals surface area contributed by atoms with Crippen LogP contribution in [0.3, 0.4) is 0 Å². The van der Waals surface area contributed by atoms with Crippen LogP contribution in [-0.2, 0) is 4.74 Å². The molecule has 3 fully saturated rings. The normalized spacial score (nSPS) is 49.8. The molecular formula is C11H19NO. The molecule has 4 unspecified atom stereocenters. The highest BCUT2D eigenvalue weighted by Crippen LogP contribution is 2.40. The highest BCUT2D eigenvalue weighted by atomic mass is 16.5. The van der Waals surface area contributed by atoms with E-state index >= 15 is 0 Å². The Labute approximate surface area is 80.0 Å². The molecule has 1 saturated carbocycles. The van der Waals surface area contributed by atoms with Crippen LogP contribution in [-0.4, -0.2) is 25.3 Å². The Morgan fingerprint density at radius 3 is 2.92 bits per heavy atom. The molecule has 0 radical (unpaired) electrons. The fraction of sp³-hybridized carbons (Fsp3) is 1.00. The Morgan fingerprint density at radius 2 is 2.08 bits per heavy atom. The fourth-order valence-corrected chi connectivity index (χ4v) is 3.52. The molecule has 1 N–H and O–H groups in total. The second-order valence-corrected chi connectivity index (χ2v) is 4.84. The molecule has 0 aromatic heterocycles. The predicted molar refractivity (Wildman–Crippen MR) is 51.6 cm³/mol. The smallest absolute Gasteiger partial charge is 0.0731 e. The van der Waals surface area contributed by atoms with E-state index in [1.165, 1.54) is 38.6 Å². The Balaban J connectivity index is 1.70. The lowest BCUT2D eigenvalue weighted by Gasteiger charge is -2.23. The maximum Gasteiger partial charge on any atom is 0.0731 e. The molecule has 2 aliphatic heterocycles. The first kappa shape index (κ1) is 8.25. The summed E-state index contributed by atoms with van der Waals surface area (Å²) in [7, 11) is 0. The minimum Gasteiger partial charge on any atom is -0.377 e. The Morgan fingerprint density at radius 1 is 1.08 bits per heavy atom. The molecule has 1 aliphatic carbocycles. The monoisotopic (exact) mass is 181 g/mol. The molecule has 3 aliphatic rings. The van der Waals surface area contributed by atoms with Gasteiger partial charge in [-0.1, -0.05) is 6.42 Å². The lowest BCUT2D eigenvalue weighted by Crippen LogP contribution is -2.38. The van der Waals surface area contributed by atoms with E-state index in [0.29, 0.717) is 12.1 Å². The molecule has 0 bridgehead atoms. The van der Waals surface area contributed by atoms with Gasteiger partial charge in [-0.2, -0.15) is 0 Å². The number of rotatable bonds is 1. The van der Waals surface area contributed by atoms with Crippen LogP contribution in [0.4, 0.5) is 0 Å². The SMILES string of the molecule is C1COC(C2NCC3CCCC32)C1. The van der Waals surface area contributed by atoms with Gasteiger partial charge in [-0.25, -0.2) is 0 Å². The van der Waals surface area contributed by atoms with Crippen LogP contribution in [0, 0.1) is 11.8 Å². The summed E-state index contributed by atoms with van der Waals surface area (Å²) < 4.78 is 5.78. The van der Waals surface area contributed by atoms with Crippen molar-refractivity contribution in [2.75, 3.05) is 13.2 Å². The molecule has 2 saturated heterocycles. The molecule has 3 rings (SSSR count). The van der Waals surface area contributed by atoms with Crippen LogP contribution >= 0.6 is 0 Å². The number of hydrogen-bond acceptors (Lipinski definition) is 2. The third-order valence-corrected chi connectivity index (χ3v) is 4.16.